The van der Waals surface area contributed by atoms with Gasteiger partial charge in [-0.05, 0) is 29.5 Å². The molecule has 1 aromatic rings. The molecule has 0 aliphatic heterocycles. The van der Waals surface area contributed by atoms with Crippen molar-refractivity contribution < 1.29 is 4.74 Å². The van der Waals surface area contributed by atoms with Gasteiger partial charge in [-0.2, -0.15) is 0 Å². The summed E-state index contributed by atoms with van der Waals surface area (Å²) in [6, 6.07) is 8.00. The Kier molecular flexibility index (Phi) is 3.96. The normalized spacial score (nSPS) is 11.1. The van der Waals surface area contributed by atoms with Gasteiger partial charge in [-0.1, -0.05) is 45.6 Å². The van der Waals surface area contributed by atoms with Gasteiger partial charge >= 0.3 is 0 Å². The zero-order valence-corrected chi connectivity index (χ0v) is 9.92. The van der Waals surface area contributed by atoms with Gasteiger partial charge in [-0.3, -0.25) is 0 Å². The van der Waals surface area contributed by atoms with E-state index in [1.54, 1.807) is 0 Å². The smallest absolute Gasteiger partial charge is 0.119 e. The van der Waals surface area contributed by atoms with Gasteiger partial charge in [0.1, 0.15) is 5.75 Å². The third-order valence-electron chi connectivity index (χ3n) is 2.24. The molecule has 82 valence electrons. The van der Waals surface area contributed by atoms with Crippen LogP contribution in [0, 0.1) is 5.41 Å². The van der Waals surface area contributed by atoms with Crippen molar-refractivity contribution in [3.8, 4) is 5.75 Å². The fourth-order valence-electron chi connectivity index (χ4n) is 1.18. The third-order valence-corrected chi connectivity index (χ3v) is 2.24. The lowest BCUT2D eigenvalue weighted by Crippen LogP contribution is -2.10. The predicted octanol–water partition coefficient (Wildman–Crippen LogP) is 4.14. The molecule has 1 heteroatoms. The van der Waals surface area contributed by atoms with Crippen LogP contribution in [-0.2, 0) is 0 Å². The van der Waals surface area contributed by atoms with E-state index in [0.29, 0.717) is 5.41 Å². The van der Waals surface area contributed by atoms with Gasteiger partial charge in [0.15, 0.2) is 0 Å². The van der Waals surface area contributed by atoms with Crippen LogP contribution < -0.4 is 4.74 Å². The zero-order chi connectivity index (χ0) is 11.3. The zero-order valence-electron chi connectivity index (χ0n) is 9.92. The Labute approximate surface area is 92.8 Å². The Bertz CT molecular complexity index is 303. The molecule has 0 heterocycles. The van der Waals surface area contributed by atoms with Crippen molar-refractivity contribution in [2.24, 2.45) is 5.41 Å². The lowest BCUT2D eigenvalue weighted by atomic mass is 9.93. The van der Waals surface area contributed by atoms with Crippen LogP contribution in [0.1, 0.15) is 32.8 Å². The van der Waals surface area contributed by atoms with Crippen LogP contribution in [0.5, 0.6) is 5.75 Å². The Morgan fingerprint density at radius 1 is 1.20 bits per heavy atom. The summed E-state index contributed by atoms with van der Waals surface area (Å²) in [5, 5.41) is 0. The molecule has 0 aromatic heterocycles. The molecule has 0 spiro atoms. The molecular weight excluding hydrogens is 184 g/mol. The molecule has 0 N–H and O–H groups in total. The molecule has 15 heavy (non-hydrogen) atoms. The van der Waals surface area contributed by atoms with E-state index < -0.39 is 0 Å². The molecule has 0 aliphatic rings. The monoisotopic (exact) mass is 204 g/mol. The van der Waals surface area contributed by atoms with Crippen molar-refractivity contribution in [2.45, 2.75) is 27.2 Å². The summed E-state index contributed by atoms with van der Waals surface area (Å²) < 4.78 is 5.65. The number of hydrogen-bond acceptors (Lipinski definition) is 1. The van der Waals surface area contributed by atoms with Gasteiger partial charge in [-0.15, -0.1) is 0 Å². The highest BCUT2D eigenvalue weighted by molar-refractivity contribution is 5.48. The molecule has 0 amide bonds. The number of ether oxygens (including phenoxy) is 1. The van der Waals surface area contributed by atoms with Gasteiger partial charge in [0.25, 0.3) is 0 Å². The molecule has 1 nitrogen and oxygen atoms in total. The van der Waals surface area contributed by atoms with Crippen molar-refractivity contribution in [1.29, 1.82) is 0 Å². The number of rotatable bonds is 4. The third kappa shape index (κ3) is 4.68. The van der Waals surface area contributed by atoms with E-state index in [9.17, 15) is 0 Å². The summed E-state index contributed by atoms with van der Waals surface area (Å²) in [5.74, 6) is 0.935. The van der Waals surface area contributed by atoms with Crippen molar-refractivity contribution in [3.63, 3.8) is 0 Å². The molecule has 0 unspecified atom stereocenters. The number of hydrogen-bond donors (Lipinski definition) is 0. The SMILES string of the molecule is C=Cc1ccc(OCCC(C)(C)C)cc1. The topological polar surface area (TPSA) is 9.23 Å². The van der Waals surface area contributed by atoms with Crippen molar-refractivity contribution >= 4 is 6.08 Å². The Morgan fingerprint density at radius 3 is 2.27 bits per heavy atom. The van der Waals surface area contributed by atoms with E-state index in [-0.39, 0.29) is 0 Å². The van der Waals surface area contributed by atoms with E-state index >= 15 is 0 Å². The highest BCUT2D eigenvalue weighted by atomic mass is 16.5. The second-order valence-electron chi connectivity index (χ2n) is 4.93. The van der Waals surface area contributed by atoms with Crippen LogP contribution in [-0.4, -0.2) is 6.61 Å². The maximum Gasteiger partial charge on any atom is 0.119 e. The van der Waals surface area contributed by atoms with Crippen molar-refractivity contribution in [2.75, 3.05) is 6.61 Å². The molecular formula is C14H20O. The second-order valence-corrected chi connectivity index (χ2v) is 4.93. The summed E-state index contributed by atoms with van der Waals surface area (Å²) in [6.07, 6.45) is 2.90. The van der Waals surface area contributed by atoms with E-state index in [4.69, 9.17) is 4.74 Å². The fourth-order valence-corrected chi connectivity index (χ4v) is 1.18. The van der Waals surface area contributed by atoms with Crippen LogP contribution in [0.4, 0.5) is 0 Å². The van der Waals surface area contributed by atoms with Crippen LogP contribution >= 0.6 is 0 Å². The largest absolute Gasteiger partial charge is 0.494 e. The minimum atomic E-state index is 0.334. The first-order chi connectivity index (χ1) is 7.01. The molecule has 0 saturated carbocycles. The first-order valence-electron chi connectivity index (χ1n) is 5.36. The number of benzene rings is 1. The molecule has 0 radical (unpaired) electrons. The maximum atomic E-state index is 5.65. The summed E-state index contributed by atoms with van der Waals surface area (Å²) in [5.41, 5.74) is 1.46. The maximum absolute atomic E-state index is 5.65. The minimum Gasteiger partial charge on any atom is -0.494 e. The van der Waals surface area contributed by atoms with Gasteiger partial charge in [0.2, 0.25) is 0 Å². The van der Waals surface area contributed by atoms with E-state index in [1.807, 2.05) is 30.3 Å². The van der Waals surface area contributed by atoms with E-state index in [2.05, 4.69) is 27.4 Å². The Balaban J connectivity index is 2.41. The van der Waals surface area contributed by atoms with Crippen LogP contribution in [0.3, 0.4) is 0 Å². The Morgan fingerprint density at radius 2 is 1.80 bits per heavy atom. The summed E-state index contributed by atoms with van der Waals surface area (Å²) >= 11 is 0. The summed E-state index contributed by atoms with van der Waals surface area (Å²) in [6.45, 7) is 11.1. The highest BCUT2D eigenvalue weighted by Crippen LogP contribution is 2.19. The van der Waals surface area contributed by atoms with Crippen molar-refractivity contribution in [3.05, 3.63) is 36.4 Å². The minimum absolute atomic E-state index is 0.334. The molecule has 0 saturated heterocycles. The highest BCUT2D eigenvalue weighted by Gasteiger charge is 2.09. The molecule has 0 bridgehead atoms. The first kappa shape index (κ1) is 11.8. The predicted molar refractivity (Wildman–Crippen MR) is 66.1 cm³/mol. The average molecular weight is 204 g/mol. The van der Waals surface area contributed by atoms with E-state index in [1.165, 1.54) is 0 Å². The van der Waals surface area contributed by atoms with Gasteiger partial charge < -0.3 is 4.74 Å². The average Bonchev–Trinajstić information content (AvgIpc) is 2.17. The van der Waals surface area contributed by atoms with Gasteiger partial charge in [-0.25, -0.2) is 0 Å². The lowest BCUT2D eigenvalue weighted by Gasteiger charge is -2.18. The molecule has 1 rings (SSSR count). The van der Waals surface area contributed by atoms with Gasteiger partial charge in [0.05, 0.1) is 6.61 Å². The lowest BCUT2D eigenvalue weighted by molar-refractivity contribution is 0.243. The van der Waals surface area contributed by atoms with Crippen LogP contribution in [0.25, 0.3) is 6.08 Å². The molecule has 0 fully saturated rings. The van der Waals surface area contributed by atoms with Crippen LogP contribution in [0.15, 0.2) is 30.8 Å². The molecule has 1 aromatic carbocycles. The Hall–Kier alpha value is -1.24. The van der Waals surface area contributed by atoms with Crippen molar-refractivity contribution in [1.82, 2.24) is 0 Å². The van der Waals surface area contributed by atoms with Gasteiger partial charge in [0, 0.05) is 0 Å². The standard InChI is InChI=1S/C14H20O/c1-5-12-6-8-13(9-7-12)15-11-10-14(2,3)4/h5-9H,1,10-11H2,2-4H3. The van der Waals surface area contributed by atoms with E-state index in [0.717, 1.165) is 24.3 Å². The second kappa shape index (κ2) is 5.01. The fraction of sp³-hybridized carbons (Fsp3) is 0.429. The first-order valence-corrected chi connectivity index (χ1v) is 5.36. The summed E-state index contributed by atoms with van der Waals surface area (Å²) in [4.78, 5) is 0. The molecule has 0 atom stereocenters. The summed E-state index contributed by atoms with van der Waals surface area (Å²) in [7, 11) is 0. The van der Waals surface area contributed by atoms with Crippen LogP contribution in [0.2, 0.25) is 0 Å². The quantitative estimate of drug-likeness (QED) is 0.716. The molecule has 0 aliphatic carbocycles.